The predicted octanol–water partition coefficient (Wildman–Crippen LogP) is 3.60. The van der Waals surface area contributed by atoms with Crippen LogP contribution in [0.4, 0.5) is 11.4 Å². The Morgan fingerprint density at radius 2 is 2.05 bits per heavy atom. The molecule has 0 amide bonds. The number of hydrogen-bond acceptors (Lipinski definition) is 5. The molecule has 0 aliphatic rings. The molecule has 0 spiro atoms. The van der Waals surface area contributed by atoms with Gasteiger partial charge in [-0.3, -0.25) is 0 Å². The van der Waals surface area contributed by atoms with Crippen LogP contribution in [0.5, 0.6) is 0 Å². The molecule has 1 heterocycles. The first kappa shape index (κ1) is 15.4. The van der Waals surface area contributed by atoms with Crippen molar-refractivity contribution in [1.29, 1.82) is 0 Å². The number of methoxy groups -OCH3 is 1. The molecule has 2 aromatic rings. The minimum absolute atomic E-state index is 0.403. The van der Waals surface area contributed by atoms with E-state index in [0.717, 1.165) is 24.2 Å². The molecule has 0 atom stereocenters. The summed E-state index contributed by atoms with van der Waals surface area (Å²) in [5.41, 5.74) is 8.53. The van der Waals surface area contributed by atoms with Gasteiger partial charge in [0.05, 0.1) is 12.7 Å². The molecule has 0 saturated carbocycles. The molecule has 112 valence electrons. The number of aryl methyl sites for hydroxylation is 2. The number of carbonyl (C=O) groups is 1. The van der Waals surface area contributed by atoms with E-state index in [9.17, 15) is 4.79 Å². The lowest BCUT2D eigenvalue weighted by Gasteiger charge is -2.11. The number of nitrogens with two attached hydrogens (primary N) is 1. The highest BCUT2D eigenvalue weighted by Gasteiger charge is 2.13. The second-order valence-corrected chi connectivity index (χ2v) is 6.07. The van der Waals surface area contributed by atoms with Crippen molar-refractivity contribution >= 4 is 28.7 Å². The third kappa shape index (κ3) is 3.55. The van der Waals surface area contributed by atoms with Gasteiger partial charge in [-0.1, -0.05) is 6.92 Å². The molecule has 5 heteroatoms. The van der Waals surface area contributed by atoms with Crippen LogP contribution in [0.3, 0.4) is 0 Å². The molecule has 0 radical (unpaired) electrons. The average molecular weight is 304 g/mol. The fourth-order valence-corrected chi connectivity index (χ4v) is 2.97. The SMILES string of the molecule is CCc1ccc(CNc2cc(C)c(N)c(C(=O)OC)c2)s1. The van der Waals surface area contributed by atoms with Gasteiger partial charge in [0.2, 0.25) is 0 Å². The Morgan fingerprint density at radius 1 is 1.33 bits per heavy atom. The molecule has 0 aliphatic heterocycles. The summed E-state index contributed by atoms with van der Waals surface area (Å²) in [5.74, 6) is -0.413. The van der Waals surface area contributed by atoms with Crippen molar-refractivity contribution < 1.29 is 9.53 Å². The first-order chi connectivity index (χ1) is 10.0. The Bertz CT molecular complexity index is 650. The Balaban J connectivity index is 2.16. The standard InChI is InChI=1S/C16H20N2O2S/c1-4-12-5-6-13(21-12)9-18-11-7-10(2)15(17)14(8-11)16(19)20-3/h5-8,18H,4,9,17H2,1-3H3. The van der Waals surface area contributed by atoms with E-state index < -0.39 is 5.97 Å². The average Bonchev–Trinajstić information content (AvgIpc) is 2.95. The van der Waals surface area contributed by atoms with Crippen LogP contribution in [0.1, 0.15) is 32.6 Å². The second kappa shape index (κ2) is 6.63. The predicted molar refractivity (Wildman–Crippen MR) is 88.0 cm³/mol. The number of nitrogen functional groups attached to an aromatic ring is 1. The van der Waals surface area contributed by atoms with Crippen molar-refractivity contribution in [3.63, 3.8) is 0 Å². The van der Waals surface area contributed by atoms with Crippen LogP contribution in [-0.2, 0) is 17.7 Å². The number of carbonyl (C=O) groups excluding carboxylic acids is 1. The fourth-order valence-electron chi connectivity index (χ4n) is 2.08. The fraction of sp³-hybridized carbons (Fsp3) is 0.312. The van der Waals surface area contributed by atoms with Crippen molar-refractivity contribution in [1.82, 2.24) is 0 Å². The van der Waals surface area contributed by atoms with Gasteiger partial charge in [0.15, 0.2) is 0 Å². The van der Waals surface area contributed by atoms with Crippen LogP contribution in [0.25, 0.3) is 0 Å². The van der Waals surface area contributed by atoms with Crippen LogP contribution >= 0.6 is 11.3 Å². The van der Waals surface area contributed by atoms with E-state index in [1.165, 1.54) is 16.9 Å². The van der Waals surface area contributed by atoms with Gasteiger partial charge in [-0.2, -0.15) is 0 Å². The molecule has 0 saturated heterocycles. The molecule has 21 heavy (non-hydrogen) atoms. The third-order valence-corrected chi connectivity index (χ3v) is 4.55. The molecule has 0 aliphatic carbocycles. The number of esters is 1. The molecule has 1 aromatic heterocycles. The van der Waals surface area contributed by atoms with Crippen LogP contribution < -0.4 is 11.1 Å². The van der Waals surface area contributed by atoms with E-state index in [2.05, 4.69) is 24.4 Å². The van der Waals surface area contributed by atoms with Gasteiger partial charge >= 0.3 is 5.97 Å². The zero-order chi connectivity index (χ0) is 15.4. The highest BCUT2D eigenvalue weighted by Crippen LogP contribution is 2.25. The van der Waals surface area contributed by atoms with Crippen molar-refractivity contribution in [2.24, 2.45) is 0 Å². The van der Waals surface area contributed by atoms with Crippen LogP contribution in [-0.4, -0.2) is 13.1 Å². The van der Waals surface area contributed by atoms with Crippen LogP contribution in [0.15, 0.2) is 24.3 Å². The summed E-state index contributed by atoms with van der Waals surface area (Å²) in [6.07, 6.45) is 1.05. The number of ether oxygens (including phenoxy) is 1. The first-order valence-electron chi connectivity index (χ1n) is 6.85. The molecule has 0 unspecified atom stereocenters. The Morgan fingerprint density at radius 3 is 2.67 bits per heavy atom. The lowest BCUT2D eigenvalue weighted by molar-refractivity contribution is 0.0602. The smallest absolute Gasteiger partial charge is 0.340 e. The molecule has 4 nitrogen and oxygen atoms in total. The summed E-state index contributed by atoms with van der Waals surface area (Å²) in [7, 11) is 1.36. The van der Waals surface area contributed by atoms with Gasteiger partial charge in [-0.25, -0.2) is 4.79 Å². The topological polar surface area (TPSA) is 64.3 Å². The van der Waals surface area contributed by atoms with Crippen molar-refractivity contribution in [3.8, 4) is 0 Å². The Kier molecular flexibility index (Phi) is 4.85. The summed E-state index contributed by atoms with van der Waals surface area (Å²) in [6, 6.07) is 7.95. The number of hydrogen-bond donors (Lipinski definition) is 2. The molecular weight excluding hydrogens is 284 g/mol. The number of anilines is 2. The number of rotatable bonds is 5. The molecule has 3 N–H and O–H groups in total. The van der Waals surface area contributed by atoms with Gasteiger partial charge in [0.25, 0.3) is 0 Å². The second-order valence-electron chi connectivity index (χ2n) is 4.82. The molecule has 1 aromatic carbocycles. The van der Waals surface area contributed by atoms with Gasteiger partial charge < -0.3 is 15.8 Å². The summed E-state index contributed by atoms with van der Waals surface area (Å²) < 4.78 is 4.76. The minimum Gasteiger partial charge on any atom is -0.465 e. The van der Waals surface area contributed by atoms with Crippen LogP contribution in [0, 0.1) is 6.92 Å². The lowest BCUT2D eigenvalue weighted by Crippen LogP contribution is -2.08. The summed E-state index contributed by atoms with van der Waals surface area (Å²) in [4.78, 5) is 14.4. The molecule has 0 fully saturated rings. The van der Waals surface area contributed by atoms with E-state index >= 15 is 0 Å². The maximum Gasteiger partial charge on any atom is 0.340 e. The van der Waals surface area contributed by atoms with Crippen LogP contribution in [0.2, 0.25) is 0 Å². The largest absolute Gasteiger partial charge is 0.465 e. The van der Waals surface area contributed by atoms with E-state index in [1.54, 1.807) is 17.4 Å². The van der Waals surface area contributed by atoms with E-state index in [1.807, 2.05) is 13.0 Å². The van der Waals surface area contributed by atoms with Crippen molar-refractivity contribution in [2.45, 2.75) is 26.8 Å². The van der Waals surface area contributed by atoms with E-state index in [-0.39, 0.29) is 0 Å². The maximum absolute atomic E-state index is 11.7. The quantitative estimate of drug-likeness (QED) is 0.654. The summed E-state index contributed by atoms with van der Waals surface area (Å²) in [6.45, 7) is 4.76. The Hall–Kier alpha value is -2.01. The van der Waals surface area contributed by atoms with Crippen molar-refractivity contribution in [3.05, 3.63) is 45.1 Å². The zero-order valence-electron chi connectivity index (χ0n) is 12.5. The normalized spacial score (nSPS) is 10.4. The number of benzene rings is 1. The van der Waals surface area contributed by atoms with Gasteiger partial charge in [-0.15, -0.1) is 11.3 Å². The summed E-state index contributed by atoms with van der Waals surface area (Å²) >= 11 is 1.80. The first-order valence-corrected chi connectivity index (χ1v) is 7.66. The zero-order valence-corrected chi connectivity index (χ0v) is 13.3. The van der Waals surface area contributed by atoms with Gasteiger partial charge in [0, 0.05) is 27.7 Å². The Labute approximate surface area is 128 Å². The number of nitrogens with one attached hydrogen (secondary N) is 1. The van der Waals surface area contributed by atoms with Crippen molar-refractivity contribution in [2.75, 3.05) is 18.2 Å². The number of thiophene rings is 1. The van der Waals surface area contributed by atoms with E-state index in [4.69, 9.17) is 10.5 Å². The molecular formula is C16H20N2O2S. The highest BCUT2D eigenvalue weighted by atomic mass is 32.1. The monoisotopic (exact) mass is 304 g/mol. The minimum atomic E-state index is -0.413. The van der Waals surface area contributed by atoms with E-state index in [0.29, 0.717) is 11.3 Å². The third-order valence-electron chi connectivity index (χ3n) is 3.32. The van der Waals surface area contributed by atoms with Gasteiger partial charge in [-0.05, 0) is 43.2 Å². The van der Waals surface area contributed by atoms with Gasteiger partial charge in [0.1, 0.15) is 0 Å². The lowest BCUT2D eigenvalue weighted by atomic mass is 10.1. The highest BCUT2D eigenvalue weighted by molar-refractivity contribution is 7.12. The maximum atomic E-state index is 11.7. The molecule has 2 rings (SSSR count). The molecule has 0 bridgehead atoms. The summed E-state index contributed by atoms with van der Waals surface area (Å²) in [5, 5.41) is 3.33.